The minimum Gasteiger partial charge on any atom is -0.350 e. The molecule has 0 spiro atoms. The molecule has 1 rings (SSSR count). The van der Waals surface area contributed by atoms with E-state index in [2.05, 4.69) is 10.3 Å². The lowest BCUT2D eigenvalue weighted by Gasteiger charge is -2.18. The maximum atomic E-state index is 11.5. The van der Waals surface area contributed by atoms with Crippen LogP contribution in [0.25, 0.3) is 0 Å². The van der Waals surface area contributed by atoms with Gasteiger partial charge in [0.15, 0.2) is 0 Å². The molecule has 0 fully saturated rings. The second-order valence-electron chi connectivity index (χ2n) is 3.91. The number of amides is 1. The number of carbonyl (C=O) groups is 1. The molecule has 4 heteroatoms. The smallest absolute Gasteiger partial charge is 0.252 e. The lowest BCUT2D eigenvalue weighted by molar-refractivity contribution is 0.0945. The summed E-state index contributed by atoms with van der Waals surface area (Å²) in [6.45, 7) is 4.16. The lowest BCUT2D eigenvalue weighted by Crippen LogP contribution is -2.45. The van der Waals surface area contributed by atoms with Crippen molar-refractivity contribution in [2.45, 2.75) is 19.4 Å². The van der Waals surface area contributed by atoms with Gasteiger partial charge in [-0.1, -0.05) is 0 Å². The van der Waals surface area contributed by atoms with Crippen LogP contribution in [-0.4, -0.2) is 23.0 Å². The topological polar surface area (TPSA) is 68.0 Å². The van der Waals surface area contributed by atoms with Crippen molar-refractivity contribution in [1.82, 2.24) is 10.3 Å². The fraction of sp³-hybridized carbons (Fsp3) is 0.400. The van der Waals surface area contributed by atoms with Crippen LogP contribution >= 0.6 is 0 Å². The molecule has 0 saturated heterocycles. The normalized spacial score (nSPS) is 11.1. The van der Waals surface area contributed by atoms with Crippen molar-refractivity contribution in [3.63, 3.8) is 0 Å². The zero-order valence-corrected chi connectivity index (χ0v) is 8.45. The first-order chi connectivity index (χ1) is 6.49. The molecule has 0 atom stereocenters. The molecule has 0 aromatic carbocycles. The van der Waals surface area contributed by atoms with Gasteiger partial charge in [-0.15, -0.1) is 0 Å². The van der Waals surface area contributed by atoms with Crippen LogP contribution in [0.1, 0.15) is 24.2 Å². The average molecular weight is 193 g/mol. The first-order valence-corrected chi connectivity index (χ1v) is 4.46. The third kappa shape index (κ3) is 3.53. The lowest BCUT2D eigenvalue weighted by atomic mass is 10.1. The van der Waals surface area contributed by atoms with Gasteiger partial charge in [-0.25, -0.2) is 0 Å². The highest BCUT2D eigenvalue weighted by atomic mass is 16.1. The van der Waals surface area contributed by atoms with E-state index in [1.165, 1.54) is 6.20 Å². The highest BCUT2D eigenvalue weighted by Crippen LogP contribution is 1.97. The van der Waals surface area contributed by atoms with E-state index in [9.17, 15) is 4.79 Å². The van der Waals surface area contributed by atoms with Gasteiger partial charge in [0.05, 0.1) is 5.56 Å². The number of pyridine rings is 1. The fourth-order valence-corrected chi connectivity index (χ4v) is 0.907. The fourth-order valence-electron chi connectivity index (χ4n) is 0.907. The van der Waals surface area contributed by atoms with Crippen molar-refractivity contribution in [2.24, 2.45) is 5.73 Å². The molecule has 0 aliphatic carbocycles. The van der Waals surface area contributed by atoms with E-state index in [1.807, 2.05) is 13.8 Å². The van der Waals surface area contributed by atoms with Crippen molar-refractivity contribution in [1.29, 1.82) is 0 Å². The summed E-state index contributed by atoms with van der Waals surface area (Å²) in [4.78, 5) is 15.3. The average Bonchev–Trinajstić information content (AvgIpc) is 2.14. The number of carbonyl (C=O) groups excluding carboxylic acids is 1. The van der Waals surface area contributed by atoms with Gasteiger partial charge in [-0.3, -0.25) is 9.78 Å². The van der Waals surface area contributed by atoms with Gasteiger partial charge >= 0.3 is 0 Å². The van der Waals surface area contributed by atoms with Gasteiger partial charge in [-0.2, -0.15) is 0 Å². The van der Waals surface area contributed by atoms with Crippen LogP contribution in [-0.2, 0) is 0 Å². The molecule has 3 N–H and O–H groups in total. The first-order valence-electron chi connectivity index (χ1n) is 4.46. The Balaban J connectivity index is 2.52. The highest BCUT2D eigenvalue weighted by molar-refractivity contribution is 5.93. The molecule has 0 bridgehead atoms. The van der Waals surface area contributed by atoms with E-state index in [1.54, 1.807) is 18.3 Å². The van der Waals surface area contributed by atoms with Crippen LogP contribution in [0.3, 0.4) is 0 Å². The summed E-state index contributed by atoms with van der Waals surface area (Å²) in [6.07, 6.45) is 3.16. The van der Waals surface area contributed by atoms with Crippen LogP contribution in [0.2, 0.25) is 0 Å². The molecule has 1 amide bonds. The monoisotopic (exact) mass is 193 g/mol. The van der Waals surface area contributed by atoms with E-state index < -0.39 is 5.54 Å². The second kappa shape index (κ2) is 4.19. The van der Waals surface area contributed by atoms with Crippen molar-refractivity contribution in [3.8, 4) is 0 Å². The van der Waals surface area contributed by atoms with Crippen LogP contribution in [0.5, 0.6) is 0 Å². The minimum atomic E-state index is -0.391. The number of nitrogens with zero attached hydrogens (tertiary/aromatic N) is 1. The van der Waals surface area contributed by atoms with E-state index >= 15 is 0 Å². The van der Waals surface area contributed by atoms with Gasteiger partial charge in [0.1, 0.15) is 0 Å². The highest BCUT2D eigenvalue weighted by Gasteiger charge is 2.12. The molecule has 4 nitrogen and oxygen atoms in total. The molecule has 0 radical (unpaired) electrons. The molecule has 0 aliphatic rings. The number of nitrogens with two attached hydrogens (primary N) is 1. The number of hydrogen-bond donors (Lipinski definition) is 2. The molecule has 14 heavy (non-hydrogen) atoms. The molecule has 0 aliphatic heterocycles. The van der Waals surface area contributed by atoms with Crippen molar-refractivity contribution >= 4 is 5.91 Å². The molecule has 76 valence electrons. The molecule has 0 saturated carbocycles. The summed E-state index contributed by atoms with van der Waals surface area (Å²) in [5.74, 6) is -0.142. The summed E-state index contributed by atoms with van der Waals surface area (Å²) in [6, 6.07) is 3.44. The predicted octanol–water partition coefficient (Wildman–Crippen LogP) is 0.549. The summed E-state index contributed by atoms with van der Waals surface area (Å²) in [5, 5.41) is 2.73. The molecule has 1 heterocycles. The Kier molecular flexibility index (Phi) is 3.19. The number of hydrogen-bond acceptors (Lipinski definition) is 3. The van der Waals surface area contributed by atoms with Gasteiger partial charge < -0.3 is 11.1 Å². The van der Waals surface area contributed by atoms with Gasteiger partial charge in [0, 0.05) is 24.5 Å². The van der Waals surface area contributed by atoms with Crippen LogP contribution < -0.4 is 11.1 Å². The molecule has 1 aromatic rings. The summed E-state index contributed by atoms with van der Waals surface area (Å²) in [7, 11) is 0. The Morgan fingerprint density at radius 3 is 2.86 bits per heavy atom. The summed E-state index contributed by atoms with van der Waals surface area (Å²) < 4.78 is 0. The number of aromatic nitrogens is 1. The van der Waals surface area contributed by atoms with Gasteiger partial charge in [-0.05, 0) is 26.0 Å². The molecule has 0 unspecified atom stereocenters. The SMILES string of the molecule is CC(C)(N)CNC(=O)c1cccnc1. The maximum Gasteiger partial charge on any atom is 0.252 e. The zero-order valence-electron chi connectivity index (χ0n) is 8.45. The van der Waals surface area contributed by atoms with E-state index in [4.69, 9.17) is 5.73 Å². The number of rotatable bonds is 3. The number of nitrogens with one attached hydrogen (secondary N) is 1. The Bertz CT molecular complexity index is 303. The van der Waals surface area contributed by atoms with Crippen molar-refractivity contribution < 1.29 is 4.79 Å². The molecule has 1 aromatic heterocycles. The van der Waals surface area contributed by atoms with Crippen LogP contribution in [0.4, 0.5) is 0 Å². The maximum absolute atomic E-state index is 11.5. The first kappa shape index (κ1) is 10.7. The van der Waals surface area contributed by atoms with Crippen molar-refractivity contribution in [3.05, 3.63) is 30.1 Å². The van der Waals surface area contributed by atoms with Gasteiger partial charge in [0.2, 0.25) is 0 Å². The van der Waals surface area contributed by atoms with Crippen LogP contribution in [0.15, 0.2) is 24.5 Å². The largest absolute Gasteiger partial charge is 0.350 e. The Labute approximate surface area is 83.5 Å². The summed E-state index contributed by atoms with van der Waals surface area (Å²) in [5.41, 5.74) is 5.89. The quantitative estimate of drug-likeness (QED) is 0.736. The predicted molar refractivity (Wildman–Crippen MR) is 54.8 cm³/mol. The summed E-state index contributed by atoms with van der Waals surface area (Å²) >= 11 is 0. The zero-order chi connectivity index (χ0) is 10.6. The molecular weight excluding hydrogens is 178 g/mol. The standard InChI is InChI=1S/C10H15N3O/c1-10(2,11)7-13-9(14)8-4-3-5-12-6-8/h3-6H,7,11H2,1-2H3,(H,13,14). The molecular formula is C10H15N3O. The van der Waals surface area contributed by atoms with Crippen molar-refractivity contribution in [2.75, 3.05) is 6.54 Å². The van der Waals surface area contributed by atoms with E-state index in [0.717, 1.165) is 0 Å². The van der Waals surface area contributed by atoms with E-state index in [-0.39, 0.29) is 5.91 Å². The third-order valence-corrected chi connectivity index (χ3v) is 1.63. The Hall–Kier alpha value is -1.42. The third-order valence-electron chi connectivity index (χ3n) is 1.63. The second-order valence-corrected chi connectivity index (χ2v) is 3.91. The Morgan fingerprint density at radius 2 is 2.36 bits per heavy atom. The Morgan fingerprint density at radius 1 is 1.64 bits per heavy atom. The van der Waals surface area contributed by atoms with E-state index in [0.29, 0.717) is 12.1 Å². The van der Waals surface area contributed by atoms with Crippen LogP contribution in [0, 0.1) is 0 Å². The van der Waals surface area contributed by atoms with Gasteiger partial charge in [0.25, 0.3) is 5.91 Å². The minimum absolute atomic E-state index is 0.142.